The third-order valence-corrected chi connectivity index (χ3v) is 2.86. The predicted octanol–water partition coefficient (Wildman–Crippen LogP) is 1.24. The van der Waals surface area contributed by atoms with Gasteiger partial charge >= 0.3 is 5.97 Å². The summed E-state index contributed by atoms with van der Waals surface area (Å²) in [4.78, 5) is 26.7. The Balaban J connectivity index is 2.30. The van der Waals surface area contributed by atoms with E-state index in [-0.39, 0.29) is 12.1 Å². The van der Waals surface area contributed by atoms with Gasteiger partial charge in [0.25, 0.3) is 0 Å². The maximum absolute atomic E-state index is 11.5. The Labute approximate surface area is 114 Å². The predicted molar refractivity (Wildman–Crippen MR) is 69.8 cm³/mol. The van der Waals surface area contributed by atoms with Gasteiger partial charge in [0.2, 0.25) is 5.89 Å². The lowest BCUT2D eigenvalue weighted by molar-refractivity contribution is 0.0694. The van der Waals surface area contributed by atoms with Crippen molar-refractivity contribution in [3.8, 4) is 0 Å². The van der Waals surface area contributed by atoms with Gasteiger partial charge in [-0.1, -0.05) is 12.1 Å². The fourth-order valence-corrected chi connectivity index (χ4v) is 1.83. The fraction of sp³-hybridized carbons (Fsp3) is 0.385. The molecule has 7 heteroatoms. The number of aryl methyl sites for hydroxylation is 2. The second kappa shape index (κ2) is 5.68. The van der Waals surface area contributed by atoms with E-state index in [1.165, 1.54) is 12.3 Å². The lowest BCUT2D eigenvalue weighted by Gasteiger charge is -2.08. The van der Waals surface area contributed by atoms with Crippen LogP contribution in [0.25, 0.3) is 0 Å². The molecule has 1 N–H and O–H groups in total. The number of hydrogen-bond acceptors (Lipinski definition) is 5. The summed E-state index contributed by atoms with van der Waals surface area (Å²) in [6.45, 7) is 3.97. The fourth-order valence-electron chi connectivity index (χ4n) is 1.83. The van der Waals surface area contributed by atoms with Crippen molar-refractivity contribution < 1.29 is 14.4 Å². The molecule has 0 aromatic carbocycles. The molecular weight excluding hydrogens is 262 g/mol. The van der Waals surface area contributed by atoms with Gasteiger partial charge < -0.3 is 14.2 Å². The first kappa shape index (κ1) is 14.0. The Hall–Kier alpha value is -2.44. The molecule has 2 aromatic rings. The van der Waals surface area contributed by atoms with E-state index in [9.17, 15) is 9.59 Å². The minimum atomic E-state index is -1.25. The number of pyridine rings is 1. The molecule has 2 heterocycles. The Morgan fingerprint density at radius 2 is 2.25 bits per heavy atom. The van der Waals surface area contributed by atoms with Gasteiger partial charge in [0.05, 0.1) is 0 Å². The largest absolute Gasteiger partial charge is 0.477 e. The topological polar surface area (TPSA) is 98.2 Å². The normalized spacial score (nSPS) is 10.7. The van der Waals surface area contributed by atoms with E-state index in [0.29, 0.717) is 17.4 Å². The zero-order chi connectivity index (χ0) is 14.7. The van der Waals surface area contributed by atoms with Gasteiger partial charge in [0.15, 0.2) is 11.3 Å². The third-order valence-electron chi connectivity index (χ3n) is 2.86. The van der Waals surface area contributed by atoms with Crippen LogP contribution in [-0.4, -0.2) is 25.8 Å². The summed E-state index contributed by atoms with van der Waals surface area (Å²) in [6.07, 6.45) is 2.94. The number of hydrogen-bond donors (Lipinski definition) is 1. The highest BCUT2D eigenvalue weighted by atomic mass is 16.5. The smallest absolute Gasteiger partial charge is 0.341 e. The first-order valence-corrected chi connectivity index (χ1v) is 6.27. The SMILES string of the molecule is CCCc1noc(Cn2cc(C(=O)O)c(=O)cc2C)n1. The van der Waals surface area contributed by atoms with Gasteiger partial charge in [0.1, 0.15) is 12.1 Å². The standard InChI is InChI=1S/C13H15N3O4/c1-3-4-11-14-12(20-15-11)7-16-6-9(13(18)19)10(17)5-8(16)2/h5-6H,3-4,7H2,1-2H3,(H,18,19). The number of rotatable bonds is 5. The van der Waals surface area contributed by atoms with Gasteiger partial charge in [-0.2, -0.15) is 4.98 Å². The Morgan fingerprint density at radius 3 is 2.90 bits per heavy atom. The average Bonchev–Trinajstić information content (AvgIpc) is 2.80. The lowest BCUT2D eigenvalue weighted by Crippen LogP contribution is -2.19. The molecule has 0 spiro atoms. The van der Waals surface area contributed by atoms with Crippen molar-refractivity contribution in [2.24, 2.45) is 0 Å². The number of carboxylic acids is 1. The van der Waals surface area contributed by atoms with Gasteiger partial charge in [-0.05, 0) is 13.3 Å². The van der Waals surface area contributed by atoms with Crippen molar-refractivity contribution in [1.29, 1.82) is 0 Å². The van der Waals surface area contributed by atoms with Crippen LogP contribution in [0.1, 0.15) is 41.1 Å². The molecule has 7 nitrogen and oxygen atoms in total. The summed E-state index contributed by atoms with van der Waals surface area (Å²) < 4.78 is 6.70. The molecule has 0 amide bonds. The minimum absolute atomic E-state index is 0.239. The van der Waals surface area contributed by atoms with Gasteiger partial charge in [-0.15, -0.1) is 0 Å². The lowest BCUT2D eigenvalue weighted by atomic mass is 10.2. The van der Waals surface area contributed by atoms with Crippen LogP contribution in [0, 0.1) is 6.92 Å². The zero-order valence-corrected chi connectivity index (χ0v) is 11.3. The number of aromatic carboxylic acids is 1. The quantitative estimate of drug-likeness (QED) is 0.882. The average molecular weight is 277 g/mol. The molecule has 0 radical (unpaired) electrons. The highest BCUT2D eigenvalue weighted by Crippen LogP contribution is 2.06. The monoisotopic (exact) mass is 277 g/mol. The highest BCUT2D eigenvalue weighted by Gasteiger charge is 2.13. The van der Waals surface area contributed by atoms with Crippen molar-refractivity contribution in [3.63, 3.8) is 0 Å². The molecule has 0 aliphatic heterocycles. The van der Waals surface area contributed by atoms with Gasteiger partial charge in [-0.3, -0.25) is 4.79 Å². The molecule has 20 heavy (non-hydrogen) atoms. The number of carboxylic acid groups (broad SMARTS) is 1. The second-order valence-electron chi connectivity index (χ2n) is 4.48. The summed E-state index contributed by atoms with van der Waals surface area (Å²) in [7, 11) is 0. The summed E-state index contributed by atoms with van der Waals surface area (Å²) in [5, 5.41) is 12.8. The Morgan fingerprint density at radius 1 is 1.50 bits per heavy atom. The van der Waals surface area contributed by atoms with Crippen molar-refractivity contribution in [2.45, 2.75) is 33.2 Å². The summed E-state index contributed by atoms with van der Waals surface area (Å²) >= 11 is 0. The molecule has 106 valence electrons. The maximum atomic E-state index is 11.5. The van der Waals surface area contributed by atoms with Crippen LogP contribution in [0.4, 0.5) is 0 Å². The Bertz CT molecular complexity index is 687. The molecule has 2 aromatic heterocycles. The van der Waals surface area contributed by atoms with E-state index in [1.54, 1.807) is 11.5 Å². The first-order chi connectivity index (χ1) is 9.51. The Kier molecular flexibility index (Phi) is 3.97. The number of nitrogens with zero attached hydrogens (tertiary/aromatic N) is 3. The highest BCUT2D eigenvalue weighted by molar-refractivity contribution is 5.87. The van der Waals surface area contributed by atoms with Crippen LogP contribution in [0.5, 0.6) is 0 Å². The van der Waals surface area contributed by atoms with Crippen LogP contribution in [0.3, 0.4) is 0 Å². The molecule has 0 saturated heterocycles. The molecule has 0 saturated carbocycles. The van der Waals surface area contributed by atoms with E-state index in [2.05, 4.69) is 10.1 Å². The van der Waals surface area contributed by atoms with Crippen LogP contribution in [-0.2, 0) is 13.0 Å². The summed E-state index contributed by atoms with van der Waals surface area (Å²) in [6, 6.07) is 1.28. The second-order valence-corrected chi connectivity index (χ2v) is 4.48. The molecule has 0 aliphatic rings. The van der Waals surface area contributed by atoms with E-state index < -0.39 is 11.4 Å². The van der Waals surface area contributed by atoms with Crippen LogP contribution < -0.4 is 5.43 Å². The van der Waals surface area contributed by atoms with Crippen LogP contribution in [0.2, 0.25) is 0 Å². The number of carbonyl (C=O) groups is 1. The zero-order valence-electron chi connectivity index (χ0n) is 11.3. The third kappa shape index (κ3) is 2.93. The van der Waals surface area contributed by atoms with Crippen LogP contribution >= 0.6 is 0 Å². The molecule has 0 bridgehead atoms. The van der Waals surface area contributed by atoms with Gasteiger partial charge in [0, 0.05) is 24.4 Å². The van der Waals surface area contributed by atoms with Gasteiger partial charge in [-0.25, -0.2) is 4.79 Å². The summed E-state index contributed by atoms with van der Waals surface area (Å²) in [5.41, 5.74) is -0.150. The molecule has 0 unspecified atom stereocenters. The molecule has 2 rings (SSSR count). The minimum Gasteiger partial charge on any atom is -0.477 e. The molecule has 0 aliphatic carbocycles. The molecular formula is C13H15N3O4. The van der Waals surface area contributed by atoms with E-state index >= 15 is 0 Å². The van der Waals surface area contributed by atoms with E-state index in [0.717, 1.165) is 12.8 Å². The van der Waals surface area contributed by atoms with E-state index in [1.807, 2.05) is 6.92 Å². The van der Waals surface area contributed by atoms with E-state index in [4.69, 9.17) is 9.63 Å². The molecule has 0 fully saturated rings. The van der Waals surface area contributed by atoms with Crippen molar-refractivity contribution in [2.75, 3.05) is 0 Å². The maximum Gasteiger partial charge on any atom is 0.341 e. The van der Waals surface area contributed by atoms with Crippen molar-refractivity contribution >= 4 is 5.97 Å². The van der Waals surface area contributed by atoms with Crippen LogP contribution in [0.15, 0.2) is 21.6 Å². The van der Waals surface area contributed by atoms with Crippen molar-refractivity contribution in [1.82, 2.24) is 14.7 Å². The number of aromatic nitrogens is 3. The first-order valence-electron chi connectivity index (χ1n) is 6.27. The summed E-state index contributed by atoms with van der Waals surface area (Å²) in [5.74, 6) is -0.239. The molecule has 0 atom stereocenters. The van der Waals surface area contributed by atoms with Crippen molar-refractivity contribution in [3.05, 3.63) is 45.5 Å².